The molecule has 0 fully saturated rings. The summed E-state index contributed by atoms with van der Waals surface area (Å²) < 4.78 is 26.6. The van der Waals surface area contributed by atoms with Gasteiger partial charge in [0, 0.05) is 26.4 Å². The van der Waals surface area contributed by atoms with Crippen molar-refractivity contribution in [1.29, 1.82) is 0 Å². The van der Waals surface area contributed by atoms with Crippen LogP contribution in [0.5, 0.6) is 0 Å². The molecule has 0 aliphatic rings. The van der Waals surface area contributed by atoms with Gasteiger partial charge in [-0.1, -0.05) is 184 Å². The normalized spacial score (nSPS) is 17.7. The van der Waals surface area contributed by atoms with Gasteiger partial charge in [0.15, 0.2) is 0 Å². The molecule has 372 valence electrons. The Morgan fingerprint density at radius 3 is 0.714 bits per heavy atom. The molecule has 63 heavy (non-hydrogen) atoms. The molecule has 0 aromatic rings. The highest BCUT2D eigenvalue weighted by molar-refractivity contribution is 9.34. The van der Waals surface area contributed by atoms with Crippen LogP contribution in [0.15, 0.2) is 0 Å². The van der Waals surface area contributed by atoms with E-state index in [0.717, 1.165) is 133 Å². The molecule has 0 spiro atoms. The maximum Gasteiger partial charge on any atom is 0.213 e. The third-order valence-electron chi connectivity index (χ3n) is 12.4. The minimum atomic E-state index is -3.82. The van der Waals surface area contributed by atoms with Gasteiger partial charge in [-0.05, 0) is 108 Å². The molecule has 0 aromatic carbocycles. The molecule has 15 heteroatoms. The van der Waals surface area contributed by atoms with Crippen molar-refractivity contribution >= 4 is 86.8 Å². The molecule has 8 nitrogen and oxygen atoms in total. The lowest BCUT2D eigenvalue weighted by Gasteiger charge is -2.41. The van der Waals surface area contributed by atoms with Crippen molar-refractivity contribution in [3.05, 3.63) is 0 Å². The molecule has 0 heterocycles. The van der Waals surface area contributed by atoms with Crippen LogP contribution in [0.25, 0.3) is 0 Å². The summed E-state index contributed by atoms with van der Waals surface area (Å²) in [7, 11) is 3.25. The van der Waals surface area contributed by atoms with Crippen molar-refractivity contribution in [2.45, 2.75) is 260 Å². The summed E-state index contributed by atoms with van der Waals surface area (Å²) in [6.07, 6.45) is 16.2. The molecule has 0 aliphatic carbocycles. The van der Waals surface area contributed by atoms with Crippen LogP contribution in [0, 0.1) is 0 Å². The van der Waals surface area contributed by atoms with Crippen LogP contribution in [0.4, 0.5) is 0 Å². The maximum atomic E-state index is 15.7. The summed E-state index contributed by atoms with van der Waals surface area (Å²) in [6.45, 7) is 26.0. The molecule has 0 bridgehead atoms. The van der Waals surface area contributed by atoms with Gasteiger partial charge < -0.3 is 18.9 Å². The Hall–Kier alpha value is 0.870. The van der Waals surface area contributed by atoms with Gasteiger partial charge in [-0.25, -0.2) is 0 Å². The van der Waals surface area contributed by atoms with E-state index in [1.54, 1.807) is 0 Å². The Balaban J connectivity index is 8.22. The van der Waals surface area contributed by atoms with E-state index in [1.165, 1.54) is 0 Å². The molecule has 0 N–H and O–H groups in total. The topological polar surface area (TPSA) is 105 Å². The van der Waals surface area contributed by atoms with Crippen LogP contribution in [0.3, 0.4) is 0 Å². The summed E-state index contributed by atoms with van der Waals surface area (Å²) in [5.41, 5.74) is -6.42. The highest BCUT2D eigenvalue weighted by Gasteiger charge is 2.58. The van der Waals surface area contributed by atoms with Gasteiger partial charge in [0.05, 0.1) is 0 Å². The average Bonchev–Trinajstić information content (AvgIpc) is 3.30. The lowest BCUT2D eigenvalue weighted by atomic mass is 9.94. The van der Waals surface area contributed by atoms with E-state index in [2.05, 4.69) is 55.4 Å². The molecule has 0 amide bonds. The smallest absolute Gasteiger partial charge is 0.213 e. The van der Waals surface area contributed by atoms with E-state index in [-0.39, 0.29) is 22.1 Å². The zero-order valence-corrected chi connectivity index (χ0v) is 47.9. The number of carbonyl (C=O) groups is 4. The van der Waals surface area contributed by atoms with Gasteiger partial charge in [-0.2, -0.15) is 0 Å². The lowest BCUT2D eigenvalue weighted by Crippen LogP contribution is -2.47. The quantitative estimate of drug-likeness (QED) is 0.0329. The predicted molar refractivity (Wildman–Crippen MR) is 285 cm³/mol. The van der Waals surface area contributed by atoms with Crippen molar-refractivity contribution in [1.82, 2.24) is 0 Å². The highest BCUT2D eigenvalue weighted by atomic mass is 33.7. The molecular formula is C48H92O8P2S5. The van der Waals surface area contributed by atoms with Gasteiger partial charge in [-0.15, -0.1) is 0 Å². The first kappa shape index (κ1) is 63.9. The molecule has 4 atom stereocenters. The Kier molecular flexibility index (Phi) is 34.7. The van der Waals surface area contributed by atoms with Crippen molar-refractivity contribution in [3.63, 3.8) is 0 Å². The molecule has 0 saturated carbocycles. The summed E-state index contributed by atoms with van der Waals surface area (Å²) >= 11 is 13.3. The van der Waals surface area contributed by atoms with Crippen LogP contribution >= 0.6 is 41.1 Å². The van der Waals surface area contributed by atoms with Crippen LogP contribution in [0.1, 0.15) is 237 Å². The molecule has 0 radical (unpaired) electrons. The fourth-order valence-electron chi connectivity index (χ4n) is 7.67. The SMILES string of the molecule is CCCCOC(CC)(CCCC)C(=O)P(=S)(SSSP(=S)(C(=O)C(CC)(CCCC)OCCCC)C(=O)C(CC)(CCCC)OCCCC)C(=O)C(CC)(CCCC)OCCCC. The predicted octanol–water partition coefficient (Wildman–Crippen LogP) is 16.5. The van der Waals surface area contributed by atoms with Gasteiger partial charge in [0.25, 0.3) is 0 Å². The Labute approximate surface area is 408 Å². The minimum Gasteiger partial charge on any atom is -0.367 e. The van der Waals surface area contributed by atoms with Crippen molar-refractivity contribution in [2.24, 2.45) is 0 Å². The van der Waals surface area contributed by atoms with E-state index in [0.29, 0.717) is 77.8 Å². The van der Waals surface area contributed by atoms with Gasteiger partial charge in [0.2, 0.25) is 22.1 Å². The maximum absolute atomic E-state index is 15.7. The monoisotopic (exact) mass is 1020 g/mol. The fraction of sp³-hybridized carbons (Fsp3) is 0.917. The van der Waals surface area contributed by atoms with E-state index >= 15 is 19.2 Å². The lowest BCUT2D eigenvalue weighted by molar-refractivity contribution is -0.142. The Bertz CT molecular complexity index is 1230. The second kappa shape index (κ2) is 34.2. The van der Waals surface area contributed by atoms with Crippen molar-refractivity contribution in [2.75, 3.05) is 26.4 Å². The number of rotatable bonds is 44. The average molecular weight is 1020 g/mol. The molecule has 0 aliphatic heterocycles. The first-order valence-electron chi connectivity index (χ1n) is 25.1. The van der Waals surface area contributed by atoms with E-state index in [1.807, 2.05) is 27.7 Å². The molecule has 4 unspecified atom stereocenters. The van der Waals surface area contributed by atoms with E-state index < -0.39 is 32.9 Å². The van der Waals surface area contributed by atoms with Crippen molar-refractivity contribution < 1.29 is 38.1 Å². The molecular weight excluding hydrogens is 927 g/mol. The van der Waals surface area contributed by atoms with Crippen molar-refractivity contribution in [3.8, 4) is 0 Å². The first-order valence-corrected chi connectivity index (χ1v) is 35.4. The number of ether oxygens (including phenoxy) is 4. The zero-order chi connectivity index (χ0) is 48.1. The number of hydrogen-bond donors (Lipinski definition) is 0. The minimum absolute atomic E-state index is 0.345. The summed E-state index contributed by atoms with van der Waals surface area (Å²) in [4.78, 5) is 62.8. The third kappa shape index (κ3) is 18.3. The number of carbonyl (C=O) groups excluding carboxylic acids is 4. The summed E-state index contributed by atoms with van der Waals surface area (Å²) in [5, 5.41) is -7.65. The fourth-order valence-corrected chi connectivity index (χ4v) is 33.2. The standard InChI is InChI=1S/C48H92O8P2S5/c1-13-25-33-45(21-9,53-37-29-17-5)41(49)57(59,42(50)46(22-10,34-26-14-2)54-38-30-18-6)61-63-62-58(60,43(51)47(23-11,35-27-15-3)55-39-31-19-7)44(52)48(24-12,36-28-16-4)56-40-32-20-8/h13-40H2,1-12H3. The second-order valence-electron chi connectivity index (χ2n) is 17.2. The van der Waals surface area contributed by atoms with E-state index in [9.17, 15) is 0 Å². The number of hydrogen-bond acceptors (Lipinski definition) is 13. The summed E-state index contributed by atoms with van der Waals surface area (Å²) in [5.74, 6) is 0. The molecule has 0 rings (SSSR count). The highest BCUT2D eigenvalue weighted by Crippen LogP contribution is 2.79. The second-order valence-corrected chi connectivity index (χ2v) is 34.6. The van der Waals surface area contributed by atoms with Crippen LogP contribution in [-0.2, 0) is 61.7 Å². The Morgan fingerprint density at radius 1 is 0.365 bits per heavy atom. The number of unbranched alkanes of at least 4 members (excludes halogenated alkanes) is 8. The van der Waals surface area contributed by atoms with Crippen LogP contribution in [-0.4, -0.2) is 70.9 Å². The van der Waals surface area contributed by atoms with Crippen LogP contribution in [0.2, 0.25) is 0 Å². The zero-order valence-electron chi connectivity index (χ0n) is 42.0. The molecule has 0 saturated heterocycles. The third-order valence-corrected chi connectivity index (χ3v) is 33.8. The Morgan fingerprint density at radius 2 is 0.556 bits per heavy atom. The molecule has 0 aromatic heterocycles. The summed E-state index contributed by atoms with van der Waals surface area (Å²) in [6, 6.07) is 0. The van der Waals surface area contributed by atoms with Gasteiger partial charge >= 0.3 is 0 Å². The van der Waals surface area contributed by atoms with Crippen LogP contribution < -0.4 is 0 Å². The van der Waals surface area contributed by atoms with E-state index in [4.69, 9.17) is 42.6 Å². The largest absolute Gasteiger partial charge is 0.367 e. The van der Waals surface area contributed by atoms with Gasteiger partial charge in [0.1, 0.15) is 32.9 Å². The first-order chi connectivity index (χ1) is 30.1. The van der Waals surface area contributed by atoms with Gasteiger partial charge in [-0.3, -0.25) is 19.2 Å².